The molecule has 2 amide bonds. The minimum Gasteiger partial charge on any atom is -0.480 e. The lowest BCUT2D eigenvalue weighted by Crippen LogP contribution is -2.46. The lowest BCUT2D eigenvalue weighted by Gasteiger charge is -2.21. The molecule has 1 rings (SSSR count). The fourth-order valence-electron chi connectivity index (χ4n) is 1.61. The summed E-state index contributed by atoms with van der Waals surface area (Å²) >= 11 is 1.52. The van der Waals surface area contributed by atoms with Crippen LogP contribution in [0.25, 0.3) is 0 Å². The molecule has 1 aromatic heterocycles. The minimum absolute atomic E-state index is 0.0139. The second kappa shape index (κ2) is 8.25. The zero-order valence-electron chi connectivity index (χ0n) is 11.9. The fourth-order valence-corrected chi connectivity index (χ4v) is 2.27. The quantitative estimate of drug-likeness (QED) is 0.739. The number of rotatable bonds is 7. The molecule has 0 aliphatic carbocycles. The van der Waals surface area contributed by atoms with Crippen molar-refractivity contribution in [1.29, 1.82) is 0 Å². The van der Waals surface area contributed by atoms with E-state index in [1.807, 2.05) is 16.8 Å². The number of aliphatic carboxylic acids is 1. The Morgan fingerprint density at radius 3 is 2.71 bits per heavy atom. The van der Waals surface area contributed by atoms with Gasteiger partial charge in [-0.2, -0.15) is 11.3 Å². The van der Waals surface area contributed by atoms with Crippen molar-refractivity contribution < 1.29 is 24.2 Å². The fraction of sp³-hybridized carbons (Fsp3) is 0.462. The Hall–Kier alpha value is -2.09. The highest BCUT2D eigenvalue weighted by atomic mass is 32.1. The Kier molecular flexibility index (Phi) is 6.67. The smallest absolute Gasteiger partial charge is 0.326 e. The molecule has 0 spiro atoms. The van der Waals surface area contributed by atoms with E-state index in [1.165, 1.54) is 23.3 Å². The molecule has 1 atom stereocenters. The second-order valence-corrected chi connectivity index (χ2v) is 5.22. The lowest BCUT2D eigenvalue weighted by atomic mass is 10.1. The Bertz CT molecular complexity index is 489. The van der Waals surface area contributed by atoms with Crippen molar-refractivity contribution in [1.82, 2.24) is 10.2 Å². The molecule has 0 unspecified atom stereocenters. The van der Waals surface area contributed by atoms with Gasteiger partial charge in [-0.15, -0.1) is 0 Å². The minimum atomic E-state index is -1.18. The molecule has 21 heavy (non-hydrogen) atoms. The molecule has 8 heteroatoms. The number of nitrogens with zero attached hydrogens (tertiary/aromatic N) is 1. The van der Waals surface area contributed by atoms with E-state index in [0.717, 1.165) is 5.56 Å². The SMILES string of the molecule is COC(=O)CC[C@H](NC(=O)N(C)Cc1ccsc1)C(=O)O. The van der Waals surface area contributed by atoms with Gasteiger partial charge in [-0.25, -0.2) is 9.59 Å². The van der Waals surface area contributed by atoms with Crippen molar-refractivity contribution in [2.45, 2.75) is 25.4 Å². The number of urea groups is 1. The third-order valence-corrected chi connectivity index (χ3v) is 3.54. The number of carbonyl (C=O) groups excluding carboxylic acids is 2. The van der Waals surface area contributed by atoms with E-state index in [9.17, 15) is 14.4 Å². The van der Waals surface area contributed by atoms with E-state index in [4.69, 9.17) is 5.11 Å². The molecule has 0 bridgehead atoms. The molecule has 2 N–H and O–H groups in total. The second-order valence-electron chi connectivity index (χ2n) is 4.44. The summed E-state index contributed by atoms with van der Waals surface area (Å²) in [7, 11) is 2.80. The van der Waals surface area contributed by atoms with E-state index in [-0.39, 0.29) is 12.8 Å². The highest BCUT2D eigenvalue weighted by Crippen LogP contribution is 2.09. The summed E-state index contributed by atoms with van der Waals surface area (Å²) in [6.07, 6.45) is -0.0813. The van der Waals surface area contributed by atoms with Gasteiger partial charge in [0.15, 0.2) is 0 Å². The largest absolute Gasteiger partial charge is 0.480 e. The summed E-state index contributed by atoms with van der Waals surface area (Å²) in [5, 5.41) is 15.3. The number of carbonyl (C=O) groups is 3. The number of ether oxygens (including phenoxy) is 1. The molecule has 0 aliphatic rings. The number of methoxy groups -OCH3 is 1. The highest BCUT2D eigenvalue weighted by Gasteiger charge is 2.22. The predicted molar refractivity (Wildman–Crippen MR) is 77.0 cm³/mol. The Balaban J connectivity index is 2.51. The van der Waals surface area contributed by atoms with Crippen LogP contribution in [0.5, 0.6) is 0 Å². The first-order valence-electron chi connectivity index (χ1n) is 6.26. The van der Waals surface area contributed by atoms with Gasteiger partial charge in [0.2, 0.25) is 0 Å². The van der Waals surface area contributed by atoms with Crippen LogP contribution in [-0.4, -0.2) is 48.2 Å². The van der Waals surface area contributed by atoms with E-state index in [1.54, 1.807) is 7.05 Å². The Labute approximate surface area is 126 Å². The van der Waals surface area contributed by atoms with Crippen LogP contribution in [0.15, 0.2) is 16.8 Å². The number of carboxylic acids is 1. The van der Waals surface area contributed by atoms with Crippen molar-refractivity contribution in [2.24, 2.45) is 0 Å². The number of hydrogen-bond acceptors (Lipinski definition) is 5. The summed E-state index contributed by atoms with van der Waals surface area (Å²) in [5.41, 5.74) is 0.971. The molecule has 1 heterocycles. The monoisotopic (exact) mass is 314 g/mol. The maximum Gasteiger partial charge on any atom is 0.326 e. The molecule has 0 aromatic carbocycles. The van der Waals surface area contributed by atoms with E-state index in [2.05, 4.69) is 10.1 Å². The van der Waals surface area contributed by atoms with E-state index >= 15 is 0 Å². The normalized spacial score (nSPS) is 11.5. The number of esters is 1. The van der Waals surface area contributed by atoms with Crippen LogP contribution in [0, 0.1) is 0 Å². The molecule has 0 fully saturated rings. The molecule has 7 nitrogen and oxygen atoms in total. The summed E-state index contributed by atoms with van der Waals surface area (Å²) in [6.45, 7) is 0.388. The van der Waals surface area contributed by atoms with Gasteiger partial charge in [0, 0.05) is 20.0 Å². The number of nitrogens with one attached hydrogen (secondary N) is 1. The van der Waals surface area contributed by atoms with Gasteiger partial charge in [-0.3, -0.25) is 4.79 Å². The van der Waals surface area contributed by atoms with Crippen LogP contribution in [0.2, 0.25) is 0 Å². The number of hydrogen-bond donors (Lipinski definition) is 2. The van der Waals surface area contributed by atoms with Gasteiger partial charge in [0.05, 0.1) is 7.11 Å². The maximum atomic E-state index is 11.9. The van der Waals surface area contributed by atoms with Crippen LogP contribution in [0.4, 0.5) is 4.79 Å². The first kappa shape index (κ1) is 17.0. The van der Waals surface area contributed by atoms with Crippen LogP contribution in [0.3, 0.4) is 0 Å². The molecule has 0 saturated carbocycles. The average molecular weight is 314 g/mol. The third-order valence-electron chi connectivity index (χ3n) is 2.81. The maximum absolute atomic E-state index is 11.9. The number of thiophene rings is 1. The molecule has 0 radical (unpaired) electrons. The predicted octanol–water partition coefficient (Wildman–Crippen LogP) is 1.30. The van der Waals surface area contributed by atoms with Gasteiger partial charge in [0.1, 0.15) is 6.04 Å². The molecule has 116 valence electrons. The van der Waals surface area contributed by atoms with E-state index in [0.29, 0.717) is 6.54 Å². The van der Waals surface area contributed by atoms with Crippen molar-refractivity contribution in [3.8, 4) is 0 Å². The van der Waals surface area contributed by atoms with Gasteiger partial charge in [-0.1, -0.05) is 0 Å². The van der Waals surface area contributed by atoms with Gasteiger partial charge >= 0.3 is 18.0 Å². The van der Waals surface area contributed by atoms with E-state index < -0.39 is 24.0 Å². The topological polar surface area (TPSA) is 95.9 Å². The number of amides is 2. The van der Waals surface area contributed by atoms with Crippen LogP contribution in [0.1, 0.15) is 18.4 Å². The first-order chi connectivity index (χ1) is 9.93. The zero-order valence-corrected chi connectivity index (χ0v) is 12.7. The molecular formula is C13H18N2O5S. The third kappa shape index (κ3) is 5.82. The zero-order chi connectivity index (χ0) is 15.8. The lowest BCUT2D eigenvalue weighted by molar-refractivity contribution is -0.142. The van der Waals surface area contributed by atoms with Crippen LogP contribution >= 0.6 is 11.3 Å². The summed E-state index contributed by atoms with van der Waals surface area (Å²) in [4.78, 5) is 35.4. The Morgan fingerprint density at radius 1 is 1.48 bits per heavy atom. The van der Waals surface area contributed by atoms with Crippen molar-refractivity contribution >= 4 is 29.3 Å². The Morgan fingerprint density at radius 2 is 2.19 bits per heavy atom. The molecule has 0 aliphatic heterocycles. The first-order valence-corrected chi connectivity index (χ1v) is 7.20. The van der Waals surface area contributed by atoms with Crippen molar-refractivity contribution in [2.75, 3.05) is 14.2 Å². The standard InChI is InChI=1S/C13H18N2O5S/c1-15(7-9-5-6-21-8-9)13(19)14-10(12(17)18)3-4-11(16)20-2/h5-6,8,10H,3-4,7H2,1-2H3,(H,14,19)(H,17,18)/t10-/m0/s1. The average Bonchev–Trinajstić information content (AvgIpc) is 2.95. The van der Waals surface area contributed by atoms with Crippen LogP contribution < -0.4 is 5.32 Å². The summed E-state index contributed by atoms with van der Waals surface area (Å²) < 4.78 is 4.45. The highest BCUT2D eigenvalue weighted by molar-refractivity contribution is 7.07. The van der Waals surface area contributed by atoms with Crippen molar-refractivity contribution in [3.63, 3.8) is 0 Å². The summed E-state index contributed by atoms with van der Waals surface area (Å²) in [6, 6.07) is 0.264. The van der Waals surface area contributed by atoms with Gasteiger partial charge in [-0.05, 0) is 28.8 Å². The molecule has 0 saturated heterocycles. The van der Waals surface area contributed by atoms with Gasteiger partial charge < -0.3 is 20.1 Å². The number of carboxylic acid groups (broad SMARTS) is 1. The van der Waals surface area contributed by atoms with Crippen molar-refractivity contribution in [3.05, 3.63) is 22.4 Å². The molecular weight excluding hydrogens is 296 g/mol. The summed E-state index contributed by atoms with van der Waals surface area (Å²) in [5.74, 6) is -1.70. The molecule has 1 aromatic rings. The van der Waals surface area contributed by atoms with Crippen LogP contribution in [-0.2, 0) is 20.9 Å². The van der Waals surface area contributed by atoms with Gasteiger partial charge in [0.25, 0.3) is 0 Å².